The predicted octanol–water partition coefficient (Wildman–Crippen LogP) is 5.64. The summed E-state index contributed by atoms with van der Waals surface area (Å²) in [5.74, 6) is -2.70. The summed E-state index contributed by atoms with van der Waals surface area (Å²) in [5, 5.41) is 1.67. The molecule has 0 spiro atoms. The summed E-state index contributed by atoms with van der Waals surface area (Å²) >= 11 is 12.2. The van der Waals surface area contributed by atoms with Crippen LogP contribution in [-0.2, 0) is 0 Å². The molecule has 3 aromatic carbocycles. The van der Waals surface area contributed by atoms with Gasteiger partial charge in [0, 0.05) is 16.8 Å². The first-order valence-electron chi connectivity index (χ1n) is 6.51. The highest BCUT2D eigenvalue weighted by Gasteiger charge is 2.19. The number of hydrogen-bond donors (Lipinski definition) is 0. The molecule has 0 unspecified atom stereocenters. The van der Waals surface area contributed by atoms with Gasteiger partial charge in [-0.3, -0.25) is 0 Å². The smallest absolute Gasteiger partial charge is 0.346 e. The molecule has 0 amide bonds. The van der Waals surface area contributed by atoms with Crippen molar-refractivity contribution in [1.82, 2.24) is 0 Å². The first kappa shape index (κ1) is 15.7. The second-order valence-electron chi connectivity index (χ2n) is 4.73. The van der Waals surface area contributed by atoms with Crippen LogP contribution in [0.1, 0.15) is 10.4 Å². The molecule has 23 heavy (non-hydrogen) atoms. The minimum absolute atomic E-state index is 0.0698. The second-order valence-corrected chi connectivity index (χ2v) is 5.54. The fraction of sp³-hybridized carbons (Fsp3) is 0. The average Bonchev–Trinajstić information content (AvgIpc) is 2.51. The molecule has 0 atom stereocenters. The van der Waals surface area contributed by atoms with E-state index in [0.717, 1.165) is 12.1 Å². The number of carbonyl (C=O) groups is 1. The molecule has 3 rings (SSSR count). The largest absolute Gasteiger partial charge is 0.421 e. The molecule has 0 N–H and O–H groups in total. The van der Waals surface area contributed by atoms with Gasteiger partial charge in [-0.1, -0.05) is 47.5 Å². The lowest BCUT2D eigenvalue weighted by Gasteiger charge is -2.11. The van der Waals surface area contributed by atoms with Gasteiger partial charge in [-0.25, -0.2) is 13.6 Å². The molecule has 0 bridgehead atoms. The summed E-state index contributed by atoms with van der Waals surface area (Å²) in [6, 6.07) is 11.0. The van der Waals surface area contributed by atoms with Crippen molar-refractivity contribution in [3.05, 3.63) is 75.8 Å². The molecular weight excluding hydrogens is 345 g/mol. The van der Waals surface area contributed by atoms with Crippen molar-refractivity contribution < 1.29 is 18.3 Å². The van der Waals surface area contributed by atoms with Crippen LogP contribution in [0, 0.1) is 11.6 Å². The van der Waals surface area contributed by atoms with Crippen LogP contribution in [0.5, 0.6) is 5.75 Å². The number of fused-ring (bicyclic) bond motifs is 1. The Balaban J connectivity index is 2.06. The molecule has 0 aliphatic rings. The number of ether oxygens (including phenoxy) is 1. The maximum atomic E-state index is 13.7. The highest BCUT2D eigenvalue weighted by atomic mass is 35.5. The van der Waals surface area contributed by atoms with Crippen LogP contribution in [-0.4, -0.2) is 5.97 Å². The lowest BCUT2D eigenvalue weighted by atomic mass is 10.1. The van der Waals surface area contributed by atoms with E-state index in [1.54, 1.807) is 24.3 Å². The van der Waals surface area contributed by atoms with E-state index in [-0.39, 0.29) is 16.3 Å². The fourth-order valence-corrected chi connectivity index (χ4v) is 2.76. The number of esters is 1. The topological polar surface area (TPSA) is 26.3 Å². The van der Waals surface area contributed by atoms with Crippen LogP contribution in [0.3, 0.4) is 0 Å². The molecule has 0 radical (unpaired) electrons. The standard InChI is InChI=1S/C17H8Cl2F2O2/c18-13-8-14(19)16(11-4-2-1-3-10(11)13)23-17(22)12-6-5-9(20)7-15(12)21/h1-8H. The normalized spacial score (nSPS) is 10.8. The molecule has 0 fully saturated rings. The van der Waals surface area contributed by atoms with E-state index in [1.807, 2.05) is 0 Å². The highest BCUT2D eigenvalue weighted by Crippen LogP contribution is 2.38. The fourth-order valence-electron chi connectivity index (χ4n) is 2.18. The van der Waals surface area contributed by atoms with Crippen LogP contribution in [0.15, 0.2) is 48.5 Å². The zero-order valence-electron chi connectivity index (χ0n) is 11.4. The molecule has 6 heteroatoms. The lowest BCUT2D eigenvalue weighted by molar-refractivity contribution is 0.0732. The van der Waals surface area contributed by atoms with E-state index < -0.39 is 17.6 Å². The van der Waals surface area contributed by atoms with Gasteiger partial charge in [0.1, 0.15) is 11.6 Å². The lowest BCUT2D eigenvalue weighted by Crippen LogP contribution is -2.11. The Labute approximate surface area is 140 Å². The van der Waals surface area contributed by atoms with Crippen LogP contribution in [0.25, 0.3) is 10.8 Å². The van der Waals surface area contributed by atoms with Crippen LogP contribution < -0.4 is 4.74 Å². The summed E-state index contributed by atoms with van der Waals surface area (Å²) in [6.07, 6.45) is 0. The molecule has 116 valence electrons. The van der Waals surface area contributed by atoms with E-state index in [1.165, 1.54) is 6.07 Å². The summed E-state index contributed by atoms with van der Waals surface area (Å²) in [4.78, 5) is 12.2. The van der Waals surface area contributed by atoms with E-state index in [0.29, 0.717) is 21.9 Å². The molecule has 0 aliphatic heterocycles. The maximum Gasteiger partial charge on any atom is 0.346 e. The SMILES string of the molecule is O=C(Oc1c(Cl)cc(Cl)c2ccccc12)c1ccc(F)cc1F. The summed E-state index contributed by atoms with van der Waals surface area (Å²) in [6.45, 7) is 0. The number of rotatable bonds is 2. The van der Waals surface area contributed by atoms with Gasteiger partial charge in [0.05, 0.1) is 15.6 Å². The minimum atomic E-state index is -1.01. The number of carbonyl (C=O) groups excluding carboxylic acids is 1. The molecule has 2 nitrogen and oxygen atoms in total. The van der Waals surface area contributed by atoms with Gasteiger partial charge in [0.2, 0.25) is 0 Å². The van der Waals surface area contributed by atoms with Gasteiger partial charge in [0.25, 0.3) is 0 Å². The van der Waals surface area contributed by atoms with Gasteiger partial charge in [-0.05, 0) is 18.2 Å². The Kier molecular flexibility index (Phi) is 4.20. The van der Waals surface area contributed by atoms with E-state index >= 15 is 0 Å². The van der Waals surface area contributed by atoms with Gasteiger partial charge in [-0.2, -0.15) is 0 Å². The summed E-state index contributed by atoms with van der Waals surface area (Å²) < 4.78 is 31.8. The Morgan fingerprint density at radius 3 is 2.30 bits per heavy atom. The van der Waals surface area contributed by atoms with Crippen molar-refractivity contribution in [3.63, 3.8) is 0 Å². The van der Waals surface area contributed by atoms with Crippen molar-refractivity contribution >= 4 is 39.9 Å². The zero-order valence-corrected chi connectivity index (χ0v) is 13.0. The zero-order chi connectivity index (χ0) is 16.6. The molecule has 0 aromatic heterocycles. The quantitative estimate of drug-likeness (QED) is 0.440. The van der Waals surface area contributed by atoms with E-state index in [4.69, 9.17) is 27.9 Å². The predicted molar refractivity (Wildman–Crippen MR) is 85.3 cm³/mol. The monoisotopic (exact) mass is 352 g/mol. The summed E-state index contributed by atoms with van der Waals surface area (Å²) in [5.41, 5.74) is -0.388. The first-order valence-corrected chi connectivity index (χ1v) is 7.27. The highest BCUT2D eigenvalue weighted by molar-refractivity contribution is 6.40. The molecule has 0 saturated heterocycles. The van der Waals surface area contributed by atoms with E-state index in [9.17, 15) is 13.6 Å². The van der Waals surface area contributed by atoms with Crippen LogP contribution in [0.2, 0.25) is 10.0 Å². The Morgan fingerprint density at radius 2 is 1.61 bits per heavy atom. The average molecular weight is 353 g/mol. The summed E-state index contributed by atoms with van der Waals surface area (Å²) in [7, 11) is 0. The van der Waals surface area contributed by atoms with E-state index in [2.05, 4.69) is 0 Å². The Morgan fingerprint density at radius 1 is 0.913 bits per heavy atom. The van der Waals surface area contributed by atoms with Gasteiger partial charge < -0.3 is 4.74 Å². The Hall–Kier alpha value is -2.17. The van der Waals surface area contributed by atoms with Crippen LogP contribution in [0.4, 0.5) is 8.78 Å². The molecule has 0 aliphatic carbocycles. The van der Waals surface area contributed by atoms with Gasteiger partial charge in [0.15, 0.2) is 5.75 Å². The van der Waals surface area contributed by atoms with Crippen molar-refractivity contribution in [1.29, 1.82) is 0 Å². The maximum absolute atomic E-state index is 13.7. The molecule has 0 heterocycles. The van der Waals surface area contributed by atoms with Crippen molar-refractivity contribution in [3.8, 4) is 5.75 Å². The first-order chi connectivity index (χ1) is 11.0. The minimum Gasteiger partial charge on any atom is -0.421 e. The third-order valence-electron chi connectivity index (χ3n) is 3.25. The number of halogens is 4. The third kappa shape index (κ3) is 3.00. The van der Waals surface area contributed by atoms with Crippen molar-refractivity contribution in [2.24, 2.45) is 0 Å². The van der Waals surface area contributed by atoms with Crippen LogP contribution >= 0.6 is 23.2 Å². The molecular formula is C17H8Cl2F2O2. The van der Waals surface area contributed by atoms with Gasteiger partial charge >= 0.3 is 5.97 Å². The third-order valence-corrected chi connectivity index (χ3v) is 3.84. The van der Waals surface area contributed by atoms with Gasteiger partial charge in [-0.15, -0.1) is 0 Å². The van der Waals surface area contributed by atoms with Crippen molar-refractivity contribution in [2.75, 3.05) is 0 Å². The number of benzene rings is 3. The Bertz CT molecular complexity index is 926. The second kappa shape index (κ2) is 6.14. The molecule has 0 saturated carbocycles. The number of hydrogen-bond acceptors (Lipinski definition) is 2. The molecule has 3 aromatic rings. The van der Waals surface area contributed by atoms with Crippen molar-refractivity contribution in [2.45, 2.75) is 0 Å².